The van der Waals surface area contributed by atoms with E-state index < -0.39 is 60.3 Å². The maximum Gasteiger partial charge on any atom is 0.326 e. The molecule has 0 spiro atoms. The van der Waals surface area contributed by atoms with Gasteiger partial charge >= 0.3 is 23.9 Å². The normalized spacial score (nSPS) is 11.9. The molecule has 2 aromatic heterocycles. The molecule has 18 heteroatoms. The molecule has 0 aliphatic carbocycles. The lowest BCUT2D eigenvalue weighted by molar-refractivity contribution is -0.153. The molecular formula is C57H89FN4O12S. The molecule has 422 valence electrons. The van der Waals surface area contributed by atoms with Crippen LogP contribution in [-0.4, -0.2) is 73.8 Å². The summed E-state index contributed by atoms with van der Waals surface area (Å²) in [6, 6.07) is 4.42. The molecular weight excluding hydrogens is 984 g/mol. The number of esters is 2. The maximum absolute atomic E-state index is 14.0. The molecule has 0 bridgehead atoms. The van der Waals surface area contributed by atoms with Crippen molar-refractivity contribution in [3.63, 3.8) is 0 Å². The zero-order chi connectivity index (χ0) is 56.9. The number of rotatable bonds is 31. The fraction of sp³-hybridized carbons (Fsp3) is 0.632. The number of benzene rings is 1. The van der Waals surface area contributed by atoms with Crippen LogP contribution in [0.4, 0.5) is 3.89 Å². The third kappa shape index (κ3) is 23.8. The summed E-state index contributed by atoms with van der Waals surface area (Å²) in [6.45, 7) is 20.5. The number of thiol groups is 1. The van der Waals surface area contributed by atoms with Gasteiger partial charge in [0.25, 0.3) is 5.56 Å². The van der Waals surface area contributed by atoms with E-state index in [1.165, 1.54) is 12.8 Å². The van der Waals surface area contributed by atoms with Crippen molar-refractivity contribution in [2.24, 2.45) is 0 Å². The summed E-state index contributed by atoms with van der Waals surface area (Å²) in [5, 5.41) is 24.9. The summed E-state index contributed by atoms with van der Waals surface area (Å²) in [5.74, 6) is -4.79. The SMILES string of the molecule is CC.CC.CCCC.CCCCCCCCC(NC(=O)CCC(=O)Oc1ccc2nc3c(c(CC)c2c1)Cn1c-3cc(C(C=O)OC(=O)CCC(=O)NC(CCCCCCCC)C(=O)O)c(CC)c1=O)C(=O)O.FS. The van der Waals surface area contributed by atoms with Gasteiger partial charge in [0.05, 0.1) is 36.3 Å². The Morgan fingerprint density at radius 1 is 0.680 bits per heavy atom. The first-order valence-corrected chi connectivity index (χ1v) is 27.8. The Balaban J connectivity index is 0.00000509. The highest BCUT2D eigenvalue weighted by Gasteiger charge is 2.31. The molecule has 75 heavy (non-hydrogen) atoms. The van der Waals surface area contributed by atoms with Crippen LogP contribution < -0.4 is 20.9 Å². The van der Waals surface area contributed by atoms with Crippen LogP contribution in [0.15, 0.2) is 29.1 Å². The Bertz CT molecular complexity index is 2290. The summed E-state index contributed by atoms with van der Waals surface area (Å²) < 4.78 is 21.9. The average molecular weight is 1070 g/mol. The number of aromatic nitrogens is 2. The molecule has 1 aromatic carbocycles. The lowest BCUT2D eigenvalue weighted by atomic mass is 9.97. The van der Waals surface area contributed by atoms with Crippen LogP contribution in [0.1, 0.15) is 226 Å². The number of hydrogen-bond donors (Lipinski definition) is 5. The van der Waals surface area contributed by atoms with Crippen LogP contribution in [0, 0.1) is 0 Å². The minimum Gasteiger partial charge on any atom is -0.480 e. The quantitative estimate of drug-likeness (QED) is 0.0104. The van der Waals surface area contributed by atoms with Crippen molar-refractivity contribution < 1.29 is 57.1 Å². The first kappa shape index (κ1) is 69.3. The Kier molecular flexibility index (Phi) is 37.6. The van der Waals surface area contributed by atoms with Crippen molar-refractivity contribution in [2.75, 3.05) is 0 Å². The third-order valence-electron chi connectivity index (χ3n) is 12.4. The van der Waals surface area contributed by atoms with Crippen molar-refractivity contribution in [3.8, 4) is 17.1 Å². The van der Waals surface area contributed by atoms with Gasteiger partial charge in [-0.2, -0.15) is 3.89 Å². The van der Waals surface area contributed by atoms with Gasteiger partial charge in [0.2, 0.25) is 11.8 Å². The number of halogens is 1. The van der Waals surface area contributed by atoms with Crippen molar-refractivity contribution in [1.29, 1.82) is 0 Å². The van der Waals surface area contributed by atoms with Gasteiger partial charge in [-0.15, -0.1) is 0 Å². The lowest BCUT2D eigenvalue weighted by Crippen LogP contribution is -2.40. The zero-order valence-corrected chi connectivity index (χ0v) is 47.5. The molecule has 16 nitrogen and oxygen atoms in total. The van der Waals surface area contributed by atoms with Gasteiger partial charge in [-0.25, -0.2) is 14.6 Å². The predicted molar refractivity (Wildman–Crippen MR) is 297 cm³/mol. The average Bonchev–Trinajstić information content (AvgIpc) is 3.79. The van der Waals surface area contributed by atoms with Crippen molar-refractivity contribution in [2.45, 2.75) is 235 Å². The van der Waals surface area contributed by atoms with E-state index in [0.717, 1.165) is 75.3 Å². The van der Waals surface area contributed by atoms with E-state index in [4.69, 9.17) is 14.5 Å². The minimum absolute atomic E-state index is 0.176. The number of carboxylic acids is 2. The van der Waals surface area contributed by atoms with Crippen LogP contribution >= 0.6 is 13.0 Å². The lowest BCUT2D eigenvalue weighted by Gasteiger charge is -2.18. The van der Waals surface area contributed by atoms with Crippen molar-refractivity contribution in [3.05, 3.63) is 56.9 Å². The second kappa shape index (κ2) is 40.6. The highest BCUT2D eigenvalue weighted by molar-refractivity contribution is 7.74. The number of unbranched alkanes of at least 4 members (excludes halogenated alkanes) is 11. The number of nitrogens with zero attached hydrogens (tertiary/aromatic N) is 2. The van der Waals surface area contributed by atoms with E-state index in [0.29, 0.717) is 54.3 Å². The first-order chi connectivity index (χ1) is 36.2. The topological polar surface area (TPSA) is 237 Å². The fourth-order valence-corrected chi connectivity index (χ4v) is 8.31. The number of aliphatic carboxylic acids is 2. The van der Waals surface area contributed by atoms with Gasteiger partial charge in [0.1, 0.15) is 17.8 Å². The number of amides is 2. The molecule has 0 fully saturated rings. The molecule has 0 saturated carbocycles. The molecule has 0 radical (unpaired) electrons. The highest BCUT2D eigenvalue weighted by atomic mass is 32.1. The number of hydrogen-bond acceptors (Lipinski definition) is 12. The molecule has 1 aliphatic rings. The zero-order valence-electron chi connectivity index (χ0n) is 46.6. The number of fused-ring (bicyclic) bond motifs is 4. The van der Waals surface area contributed by atoms with Crippen LogP contribution in [0.3, 0.4) is 0 Å². The molecule has 4 rings (SSSR count). The first-order valence-electron chi connectivity index (χ1n) is 27.5. The van der Waals surface area contributed by atoms with Gasteiger partial charge in [0.15, 0.2) is 12.4 Å². The summed E-state index contributed by atoms with van der Waals surface area (Å²) in [6.07, 6.45) is 13.3. The molecule has 3 aromatic rings. The van der Waals surface area contributed by atoms with Gasteiger partial charge in [-0.3, -0.25) is 28.8 Å². The molecule has 1 aliphatic heterocycles. The highest BCUT2D eigenvalue weighted by Crippen LogP contribution is 2.38. The van der Waals surface area contributed by atoms with Gasteiger partial charge < -0.3 is 34.9 Å². The van der Waals surface area contributed by atoms with Crippen LogP contribution in [0.25, 0.3) is 22.3 Å². The number of ether oxygens (including phenoxy) is 2. The molecule has 4 N–H and O–H groups in total. The number of carboxylic acid groups (broad SMARTS) is 2. The van der Waals surface area contributed by atoms with Gasteiger partial charge in [-0.1, -0.05) is 159 Å². The van der Waals surface area contributed by atoms with E-state index in [-0.39, 0.29) is 61.1 Å². The Morgan fingerprint density at radius 3 is 1.61 bits per heavy atom. The summed E-state index contributed by atoms with van der Waals surface area (Å²) in [5.41, 5.74) is 3.16. The van der Waals surface area contributed by atoms with E-state index in [1.807, 2.05) is 47.6 Å². The number of nitrogens with one attached hydrogen (secondary N) is 2. The summed E-state index contributed by atoms with van der Waals surface area (Å²) >= 11 is 2.03. The van der Waals surface area contributed by atoms with E-state index >= 15 is 0 Å². The fourth-order valence-electron chi connectivity index (χ4n) is 8.31. The molecule has 3 atom stereocenters. The van der Waals surface area contributed by atoms with E-state index in [1.54, 1.807) is 35.8 Å². The van der Waals surface area contributed by atoms with Crippen LogP contribution in [0.2, 0.25) is 0 Å². The van der Waals surface area contributed by atoms with Crippen LogP contribution in [-0.2, 0) is 57.7 Å². The molecule has 3 heterocycles. The van der Waals surface area contributed by atoms with Crippen molar-refractivity contribution in [1.82, 2.24) is 20.2 Å². The van der Waals surface area contributed by atoms with E-state index in [9.17, 15) is 52.5 Å². The Labute approximate surface area is 450 Å². The number of pyridine rings is 2. The maximum atomic E-state index is 14.0. The van der Waals surface area contributed by atoms with Crippen LogP contribution in [0.5, 0.6) is 5.75 Å². The largest absolute Gasteiger partial charge is 0.480 e. The second-order valence-corrected chi connectivity index (χ2v) is 17.7. The molecule has 2 amide bonds. The summed E-state index contributed by atoms with van der Waals surface area (Å²) in [7, 11) is 0. The van der Waals surface area contributed by atoms with Gasteiger partial charge in [0, 0.05) is 47.9 Å². The van der Waals surface area contributed by atoms with Crippen molar-refractivity contribution >= 4 is 65.9 Å². The Hall–Kier alpha value is -5.65. The minimum atomic E-state index is -1.46. The molecule has 0 saturated heterocycles. The second-order valence-electron chi connectivity index (χ2n) is 17.7. The monoisotopic (exact) mass is 1070 g/mol. The van der Waals surface area contributed by atoms with E-state index in [2.05, 4.69) is 38.3 Å². The predicted octanol–water partition coefficient (Wildman–Crippen LogP) is 12.1. The summed E-state index contributed by atoms with van der Waals surface area (Å²) in [4.78, 5) is 106. The number of aryl methyl sites for hydroxylation is 1. The number of carbonyl (C=O) groups is 7. The Morgan fingerprint density at radius 2 is 1.16 bits per heavy atom. The number of carbonyl (C=O) groups excluding carboxylic acids is 5. The number of aldehydes is 1. The smallest absolute Gasteiger partial charge is 0.326 e. The van der Waals surface area contributed by atoms with Gasteiger partial charge in [-0.05, 0) is 55.5 Å². The standard InChI is InChI=1S/C49H66N4O12.C4H10.2C2H6.FHS/c1-5-9-11-13-15-17-19-38(48(60)61)50-42(55)23-25-44(57)64-31-21-22-37-34(27-31)32(7-3)36-29-53-40(46(36)52-37)28-35(33(8-4)47(53)59)41(30-54)65-45(58)26-24-43(56)51-39(49(62)63)20-18-16-14-12-10-6-2;1-3-4-2;3*1-2/h21-22,27-28,30,38-39,41H,5-20,23-26,29H2,1-4H3,(H,50,55)(H,51,56)(H,60,61)(H,62,63);3-4H2,1-2H3;2*1-2H3;2H. The molecule has 3 unspecified atom stereocenters. The third-order valence-corrected chi connectivity index (χ3v) is 12.4.